The summed E-state index contributed by atoms with van der Waals surface area (Å²) in [4.78, 5) is 11.7. The Kier molecular flexibility index (Phi) is 4.71. The molecule has 4 heteroatoms. The zero-order chi connectivity index (χ0) is 14.4. The van der Waals surface area contributed by atoms with Crippen LogP contribution < -0.4 is 10.1 Å². The molecule has 2 rings (SSSR count). The molecule has 0 heterocycles. The number of benzene rings is 2. The molecule has 0 aromatic heterocycles. The third kappa shape index (κ3) is 4.09. The molecule has 0 aliphatic carbocycles. The van der Waals surface area contributed by atoms with Crippen LogP contribution in [0.15, 0.2) is 48.5 Å². The maximum atomic E-state index is 12.9. The number of halogens is 1. The molecule has 0 atom stereocenters. The van der Waals surface area contributed by atoms with Gasteiger partial charge in [-0.05, 0) is 30.2 Å². The molecular formula is C16H16FNO2. The molecule has 1 N–H and O–H groups in total. The van der Waals surface area contributed by atoms with Crippen molar-refractivity contribution in [2.45, 2.75) is 13.5 Å². The number of aryl methyl sites for hydroxylation is 1. The predicted octanol–water partition coefficient (Wildman–Crippen LogP) is 2.83. The van der Waals surface area contributed by atoms with Crippen LogP contribution in [0.2, 0.25) is 0 Å². The van der Waals surface area contributed by atoms with Gasteiger partial charge in [0.2, 0.25) is 0 Å². The van der Waals surface area contributed by atoms with Crippen LogP contribution in [0.25, 0.3) is 0 Å². The van der Waals surface area contributed by atoms with Gasteiger partial charge in [0.25, 0.3) is 5.91 Å². The van der Waals surface area contributed by atoms with Crippen LogP contribution in [-0.4, -0.2) is 12.5 Å². The molecular weight excluding hydrogens is 257 g/mol. The summed E-state index contributed by atoms with van der Waals surface area (Å²) in [5, 5.41) is 2.77. The number of rotatable bonds is 5. The molecule has 0 aliphatic heterocycles. The molecule has 0 bridgehead atoms. The Labute approximate surface area is 117 Å². The highest BCUT2D eigenvalue weighted by Gasteiger charge is 2.04. The summed E-state index contributed by atoms with van der Waals surface area (Å²) in [5.74, 6) is -0.281. The summed E-state index contributed by atoms with van der Waals surface area (Å²) < 4.78 is 18.1. The number of hydrogen-bond acceptors (Lipinski definition) is 2. The predicted molar refractivity (Wildman–Crippen MR) is 74.9 cm³/mol. The Morgan fingerprint density at radius 1 is 1.20 bits per heavy atom. The maximum Gasteiger partial charge on any atom is 0.258 e. The second kappa shape index (κ2) is 6.70. The topological polar surface area (TPSA) is 38.3 Å². The molecule has 2 aromatic rings. The van der Waals surface area contributed by atoms with E-state index in [0.29, 0.717) is 12.3 Å². The number of nitrogens with one attached hydrogen (secondary N) is 1. The van der Waals surface area contributed by atoms with Gasteiger partial charge < -0.3 is 10.1 Å². The fourth-order valence-corrected chi connectivity index (χ4v) is 1.76. The second-order valence-electron chi connectivity index (χ2n) is 4.45. The third-order valence-corrected chi connectivity index (χ3v) is 2.90. The van der Waals surface area contributed by atoms with E-state index in [1.165, 1.54) is 18.2 Å². The Morgan fingerprint density at radius 2 is 2.00 bits per heavy atom. The second-order valence-corrected chi connectivity index (χ2v) is 4.45. The van der Waals surface area contributed by atoms with Gasteiger partial charge in [-0.15, -0.1) is 0 Å². The van der Waals surface area contributed by atoms with Crippen molar-refractivity contribution in [2.75, 3.05) is 6.61 Å². The molecule has 0 saturated heterocycles. The highest BCUT2D eigenvalue weighted by molar-refractivity contribution is 5.77. The largest absolute Gasteiger partial charge is 0.484 e. The summed E-state index contributed by atoms with van der Waals surface area (Å²) in [6.07, 6.45) is 0. The fraction of sp³-hybridized carbons (Fsp3) is 0.188. The van der Waals surface area contributed by atoms with Gasteiger partial charge in [-0.1, -0.05) is 30.3 Å². The van der Waals surface area contributed by atoms with Crippen molar-refractivity contribution in [3.63, 3.8) is 0 Å². The van der Waals surface area contributed by atoms with E-state index in [0.717, 1.165) is 11.1 Å². The maximum absolute atomic E-state index is 12.9. The minimum Gasteiger partial charge on any atom is -0.484 e. The molecule has 1 amide bonds. The lowest BCUT2D eigenvalue weighted by Gasteiger charge is -2.09. The average molecular weight is 273 g/mol. The van der Waals surface area contributed by atoms with Crippen molar-refractivity contribution in [1.82, 2.24) is 5.32 Å². The van der Waals surface area contributed by atoms with Gasteiger partial charge in [0.05, 0.1) is 0 Å². The molecule has 20 heavy (non-hydrogen) atoms. The molecule has 104 valence electrons. The number of carbonyl (C=O) groups is 1. The summed E-state index contributed by atoms with van der Waals surface area (Å²) in [5.41, 5.74) is 2.19. The van der Waals surface area contributed by atoms with Gasteiger partial charge in [0, 0.05) is 12.6 Å². The Balaban J connectivity index is 1.80. The first-order chi connectivity index (χ1) is 9.65. The van der Waals surface area contributed by atoms with Crippen LogP contribution in [-0.2, 0) is 11.3 Å². The van der Waals surface area contributed by atoms with Crippen LogP contribution in [0.4, 0.5) is 4.39 Å². The smallest absolute Gasteiger partial charge is 0.258 e. The van der Waals surface area contributed by atoms with E-state index in [1.807, 2.05) is 31.2 Å². The van der Waals surface area contributed by atoms with Crippen molar-refractivity contribution in [2.24, 2.45) is 0 Å². The quantitative estimate of drug-likeness (QED) is 0.909. The molecule has 0 unspecified atom stereocenters. The van der Waals surface area contributed by atoms with Crippen LogP contribution in [0.1, 0.15) is 11.1 Å². The first-order valence-corrected chi connectivity index (χ1v) is 6.35. The zero-order valence-electron chi connectivity index (χ0n) is 11.2. The van der Waals surface area contributed by atoms with Gasteiger partial charge in [-0.25, -0.2) is 4.39 Å². The summed E-state index contributed by atoms with van der Waals surface area (Å²) >= 11 is 0. The fourth-order valence-electron chi connectivity index (χ4n) is 1.76. The van der Waals surface area contributed by atoms with E-state index in [9.17, 15) is 9.18 Å². The van der Waals surface area contributed by atoms with Gasteiger partial charge in [-0.2, -0.15) is 0 Å². The van der Waals surface area contributed by atoms with E-state index in [4.69, 9.17) is 4.74 Å². The minimum atomic E-state index is -0.386. The number of amides is 1. The van der Waals surface area contributed by atoms with Gasteiger partial charge in [-0.3, -0.25) is 4.79 Å². The normalized spacial score (nSPS) is 10.1. The van der Waals surface area contributed by atoms with Crippen molar-refractivity contribution in [3.8, 4) is 5.75 Å². The minimum absolute atomic E-state index is 0.130. The van der Waals surface area contributed by atoms with Crippen molar-refractivity contribution in [3.05, 3.63) is 65.5 Å². The molecule has 0 fully saturated rings. The zero-order valence-corrected chi connectivity index (χ0v) is 11.2. The molecule has 0 radical (unpaired) electrons. The summed E-state index contributed by atoms with van der Waals surface area (Å²) in [6, 6.07) is 13.5. The summed E-state index contributed by atoms with van der Waals surface area (Å²) in [6.45, 7) is 2.32. The van der Waals surface area contributed by atoms with Crippen molar-refractivity contribution < 1.29 is 13.9 Å². The van der Waals surface area contributed by atoms with Crippen molar-refractivity contribution in [1.29, 1.82) is 0 Å². The van der Waals surface area contributed by atoms with E-state index >= 15 is 0 Å². The molecule has 0 saturated carbocycles. The van der Waals surface area contributed by atoms with E-state index < -0.39 is 0 Å². The molecule has 0 spiro atoms. The lowest BCUT2D eigenvalue weighted by atomic mass is 10.1. The highest BCUT2D eigenvalue weighted by Crippen LogP contribution is 2.11. The molecule has 0 aliphatic rings. The van der Waals surface area contributed by atoms with E-state index in [1.54, 1.807) is 6.07 Å². The highest BCUT2D eigenvalue weighted by atomic mass is 19.1. The lowest BCUT2D eigenvalue weighted by molar-refractivity contribution is -0.123. The molecule has 3 nitrogen and oxygen atoms in total. The third-order valence-electron chi connectivity index (χ3n) is 2.90. The number of carbonyl (C=O) groups excluding carboxylic acids is 1. The van der Waals surface area contributed by atoms with E-state index in [2.05, 4.69) is 5.32 Å². The Hall–Kier alpha value is -2.36. The van der Waals surface area contributed by atoms with Crippen LogP contribution >= 0.6 is 0 Å². The summed E-state index contributed by atoms with van der Waals surface area (Å²) in [7, 11) is 0. The van der Waals surface area contributed by atoms with Crippen LogP contribution in [0, 0.1) is 12.7 Å². The number of ether oxygens (including phenoxy) is 1. The average Bonchev–Trinajstić information content (AvgIpc) is 2.44. The van der Waals surface area contributed by atoms with E-state index in [-0.39, 0.29) is 18.3 Å². The Morgan fingerprint density at radius 3 is 2.75 bits per heavy atom. The SMILES string of the molecule is Cc1ccccc1CNC(=O)COc1cccc(F)c1. The number of hydrogen-bond donors (Lipinski definition) is 1. The van der Waals surface area contributed by atoms with Crippen molar-refractivity contribution >= 4 is 5.91 Å². The lowest BCUT2D eigenvalue weighted by Crippen LogP contribution is -2.28. The van der Waals surface area contributed by atoms with Crippen LogP contribution in [0.5, 0.6) is 5.75 Å². The Bertz CT molecular complexity index is 599. The van der Waals surface area contributed by atoms with Gasteiger partial charge >= 0.3 is 0 Å². The first-order valence-electron chi connectivity index (χ1n) is 6.35. The van der Waals surface area contributed by atoms with Gasteiger partial charge in [0.1, 0.15) is 11.6 Å². The molecule has 2 aromatic carbocycles. The van der Waals surface area contributed by atoms with Gasteiger partial charge in [0.15, 0.2) is 6.61 Å². The monoisotopic (exact) mass is 273 g/mol. The standard InChI is InChI=1S/C16H16FNO2/c1-12-5-2-3-6-13(12)10-18-16(19)11-20-15-8-4-7-14(17)9-15/h2-9H,10-11H2,1H3,(H,18,19). The van der Waals surface area contributed by atoms with Crippen LogP contribution in [0.3, 0.4) is 0 Å². The first kappa shape index (κ1) is 14.1.